The molecule has 3 aromatic rings. The lowest BCUT2D eigenvalue weighted by Gasteiger charge is -2.29. The first-order valence-electron chi connectivity index (χ1n) is 9.29. The van der Waals surface area contributed by atoms with Gasteiger partial charge in [-0.15, -0.1) is 0 Å². The van der Waals surface area contributed by atoms with E-state index >= 15 is 0 Å². The van der Waals surface area contributed by atoms with Gasteiger partial charge in [0.15, 0.2) is 6.29 Å². The van der Waals surface area contributed by atoms with Crippen molar-refractivity contribution in [1.82, 2.24) is 19.9 Å². The predicted molar refractivity (Wildman–Crippen MR) is 99.8 cm³/mol. The third kappa shape index (κ3) is 4.43. The van der Waals surface area contributed by atoms with Gasteiger partial charge in [-0.25, -0.2) is 23.7 Å². The number of halogens is 5. The van der Waals surface area contributed by atoms with Crippen molar-refractivity contribution in [3.8, 4) is 11.1 Å². The van der Waals surface area contributed by atoms with E-state index in [9.17, 15) is 26.7 Å². The molecule has 5 nitrogen and oxygen atoms in total. The second-order valence-electron chi connectivity index (χ2n) is 7.09. The van der Waals surface area contributed by atoms with Gasteiger partial charge in [-0.3, -0.25) is 9.69 Å². The Bertz CT molecular complexity index is 1150. The van der Waals surface area contributed by atoms with E-state index < -0.39 is 23.6 Å². The third-order valence-electron chi connectivity index (χ3n) is 4.97. The Morgan fingerprint density at radius 1 is 1.06 bits per heavy atom. The highest BCUT2D eigenvalue weighted by atomic mass is 19.4. The predicted octanol–water partition coefficient (Wildman–Crippen LogP) is 4.21. The average Bonchev–Trinajstić information content (AvgIpc) is 2.74. The Labute approximate surface area is 173 Å². The summed E-state index contributed by atoms with van der Waals surface area (Å²) < 4.78 is 66.6. The lowest BCUT2D eigenvalue weighted by Crippen LogP contribution is -2.32. The lowest BCUT2D eigenvalue weighted by molar-refractivity contribution is -0.145. The fourth-order valence-corrected chi connectivity index (χ4v) is 3.61. The highest BCUT2D eigenvalue weighted by Gasteiger charge is 2.34. The van der Waals surface area contributed by atoms with Crippen molar-refractivity contribution in [3.05, 3.63) is 76.6 Å². The zero-order valence-electron chi connectivity index (χ0n) is 16.0. The van der Waals surface area contributed by atoms with Gasteiger partial charge in [0.25, 0.3) is 0 Å². The highest BCUT2D eigenvalue weighted by Crippen LogP contribution is 2.33. The van der Waals surface area contributed by atoms with E-state index in [0.29, 0.717) is 36.1 Å². The van der Waals surface area contributed by atoms with Crippen molar-refractivity contribution in [2.24, 2.45) is 0 Å². The van der Waals surface area contributed by atoms with Gasteiger partial charge in [0, 0.05) is 31.4 Å². The first-order chi connectivity index (χ1) is 14.7. The van der Waals surface area contributed by atoms with Gasteiger partial charge in [-0.05, 0) is 47.9 Å². The standard InChI is InChI=1S/C21H15F5N4O/c22-12-1-2-18(23)17(7-12)16-8-14(11-31)28-19-10-30(6-4-15(16)19)9-13-3-5-27-20(29-13)21(24,25)26/h1-3,5,7-8,11H,4,6,9-10H2. The molecule has 0 amide bonds. The molecule has 0 N–H and O–H groups in total. The van der Waals surface area contributed by atoms with Crippen LogP contribution in [-0.4, -0.2) is 32.7 Å². The largest absolute Gasteiger partial charge is 0.451 e. The second kappa shape index (κ2) is 8.10. The number of nitrogens with zero attached hydrogens (tertiary/aromatic N) is 4. The van der Waals surface area contributed by atoms with Crippen LogP contribution < -0.4 is 0 Å². The summed E-state index contributed by atoms with van der Waals surface area (Å²) in [6, 6.07) is 5.89. The number of rotatable bonds is 4. The highest BCUT2D eigenvalue weighted by molar-refractivity contribution is 5.78. The van der Waals surface area contributed by atoms with Crippen LogP contribution in [0.25, 0.3) is 11.1 Å². The third-order valence-corrected chi connectivity index (χ3v) is 4.97. The van der Waals surface area contributed by atoms with Crippen LogP contribution >= 0.6 is 0 Å². The van der Waals surface area contributed by atoms with Gasteiger partial charge < -0.3 is 0 Å². The van der Waals surface area contributed by atoms with Crippen LogP contribution in [0.1, 0.15) is 33.3 Å². The Morgan fingerprint density at radius 2 is 1.87 bits per heavy atom. The molecule has 2 aromatic heterocycles. The topological polar surface area (TPSA) is 59.0 Å². The number of alkyl halides is 3. The number of pyridine rings is 1. The average molecular weight is 434 g/mol. The molecule has 0 saturated heterocycles. The summed E-state index contributed by atoms with van der Waals surface area (Å²) in [5.41, 5.74) is 1.81. The number of hydrogen-bond acceptors (Lipinski definition) is 5. The molecule has 0 fully saturated rings. The van der Waals surface area contributed by atoms with Crippen LogP contribution in [0.4, 0.5) is 22.0 Å². The zero-order valence-corrected chi connectivity index (χ0v) is 16.0. The van der Waals surface area contributed by atoms with Gasteiger partial charge in [-0.2, -0.15) is 13.2 Å². The fraction of sp³-hybridized carbons (Fsp3) is 0.238. The molecule has 0 spiro atoms. The molecule has 0 bridgehead atoms. The van der Waals surface area contributed by atoms with Crippen LogP contribution in [0.15, 0.2) is 36.5 Å². The van der Waals surface area contributed by atoms with Crippen molar-refractivity contribution in [2.45, 2.75) is 25.7 Å². The molecule has 160 valence electrons. The van der Waals surface area contributed by atoms with E-state index in [1.54, 1.807) is 0 Å². The van der Waals surface area contributed by atoms with Gasteiger partial charge in [0.05, 0.1) is 11.4 Å². The monoisotopic (exact) mass is 434 g/mol. The molecule has 1 aliphatic rings. The maximum atomic E-state index is 14.4. The SMILES string of the molecule is O=Cc1cc(-c2cc(F)ccc2F)c2c(n1)CN(Cc1ccnc(C(F)(F)F)n1)CC2. The van der Waals surface area contributed by atoms with Crippen LogP contribution in [-0.2, 0) is 25.7 Å². The second-order valence-corrected chi connectivity index (χ2v) is 7.09. The first kappa shape index (κ1) is 21.0. The van der Waals surface area contributed by atoms with Gasteiger partial charge in [-0.1, -0.05) is 0 Å². The molecule has 0 radical (unpaired) electrons. The Hall–Kier alpha value is -3.27. The molecule has 0 atom stereocenters. The number of benzene rings is 1. The summed E-state index contributed by atoms with van der Waals surface area (Å²) in [4.78, 5) is 24.3. The van der Waals surface area contributed by atoms with E-state index in [2.05, 4.69) is 15.0 Å². The minimum atomic E-state index is -4.64. The number of hydrogen-bond donors (Lipinski definition) is 0. The lowest BCUT2D eigenvalue weighted by atomic mass is 9.93. The molecule has 1 aliphatic heterocycles. The summed E-state index contributed by atoms with van der Waals surface area (Å²) in [5.74, 6) is -2.46. The quantitative estimate of drug-likeness (QED) is 0.455. The summed E-state index contributed by atoms with van der Waals surface area (Å²) >= 11 is 0. The molecule has 0 aliphatic carbocycles. The molecule has 4 rings (SSSR count). The van der Waals surface area contributed by atoms with E-state index in [4.69, 9.17) is 0 Å². The molecule has 3 heterocycles. The molecule has 1 aromatic carbocycles. The summed E-state index contributed by atoms with van der Waals surface area (Å²) in [6.45, 7) is 0.762. The van der Waals surface area contributed by atoms with E-state index in [1.165, 1.54) is 12.1 Å². The zero-order chi connectivity index (χ0) is 22.2. The van der Waals surface area contributed by atoms with Gasteiger partial charge in [0.2, 0.25) is 5.82 Å². The Morgan fingerprint density at radius 3 is 2.61 bits per heavy atom. The van der Waals surface area contributed by atoms with E-state index in [0.717, 1.165) is 24.4 Å². The minimum Gasteiger partial charge on any atom is -0.296 e. The fourth-order valence-electron chi connectivity index (χ4n) is 3.61. The van der Waals surface area contributed by atoms with Gasteiger partial charge >= 0.3 is 6.18 Å². The number of aldehydes is 1. The Balaban J connectivity index is 1.66. The number of fused-ring (bicyclic) bond motifs is 1. The molecular formula is C21H15F5N4O. The minimum absolute atomic E-state index is 0.0285. The smallest absolute Gasteiger partial charge is 0.296 e. The Kier molecular flexibility index (Phi) is 5.48. The maximum Gasteiger partial charge on any atom is 0.451 e. The van der Waals surface area contributed by atoms with Crippen molar-refractivity contribution < 1.29 is 26.7 Å². The summed E-state index contributed by atoms with van der Waals surface area (Å²) in [7, 11) is 0. The van der Waals surface area contributed by atoms with E-state index in [1.807, 2.05) is 4.90 Å². The normalized spacial score (nSPS) is 14.4. The van der Waals surface area contributed by atoms with Crippen LogP contribution in [0, 0.1) is 11.6 Å². The van der Waals surface area contributed by atoms with Gasteiger partial charge in [0.1, 0.15) is 17.3 Å². The molecule has 31 heavy (non-hydrogen) atoms. The number of carbonyl (C=O) groups excluding carboxylic acids is 1. The van der Waals surface area contributed by atoms with E-state index in [-0.39, 0.29) is 30.0 Å². The van der Waals surface area contributed by atoms with Crippen molar-refractivity contribution in [1.29, 1.82) is 0 Å². The first-order valence-corrected chi connectivity index (χ1v) is 9.29. The van der Waals surface area contributed by atoms with Crippen molar-refractivity contribution >= 4 is 6.29 Å². The maximum absolute atomic E-state index is 14.4. The summed E-state index contributed by atoms with van der Waals surface area (Å²) in [5, 5.41) is 0. The molecule has 0 saturated carbocycles. The molecule has 10 heteroatoms. The van der Waals surface area contributed by atoms with Crippen molar-refractivity contribution in [3.63, 3.8) is 0 Å². The molecular weight excluding hydrogens is 419 g/mol. The van der Waals surface area contributed by atoms with Crippen LogP contribution in [0.3, 0.4) is 0 Å². The summed E-state index contributed by atoms with van der Waals surface area (Å²) in [6.07, 6.45) is -2.69. The van der Waals surface area contributed by atoms with Crippen LogP contribution in [0.5, 0.6) is 0 Å². The van der Waals surface area contributed by atoms with Crippen LogP contribution in [0.2, 0.25) is 0 Å². The number of aromatic nitrogens is 3. The molecule has 0 unspecified atom stereocenters. The number of carbonyl (C=O) groups is 1. The van der Waals surface area contributed by atoms with Crippen molar-refractivity contribution in [2.75, 3.05) is 6.54 Å².